The Morgan fingerprint density at radius 3 is 2.51 bits per heavy atom. The van der Waals surface area contributed by atoms with E-state index < -0.39 is 0 Å². The minimum atomic E-state index is -0.244. The number of rotatable bonds is 6. The average molecular weight is 505 g/mol. The lowest BCUT2D eigenvalue weighted by atomic mass is 9.92. The van der Waals surface area contributed by atoms with Crippen molar-refractivity contribution in [2.24, 2.45) is 0 Å². The Morgan fingerprint density at radius 2 is 1.78 bits per heavy atom. The normalized spacial score (nSPS) is 24.2. The molecule has 0 aromatic carbocycles. The molecule has 0 spiro atoms. The number of aliphatic hydroxyl groups excluding tert-OH is 1. The lowest BCUT2D eigenvalue weighted by Gasteiger charge is -2.39. The number of anilines is 2. The first-order valence-electron chi connectivity index (χ1n) is 14.3. The highest BCUT2D eigenvalue weighted by molar-refractivity contribution is 5.96. The third-order valence-electron chi connectivity index (χ3n) is 8.76. The summed E-state index contributed by atoms with van der Waals surface area (Å²) in [4.78, 5) is 17.1. The molecule has 3 aromatic heterocycles. The number of aryl methyl sites for hydroxylation is 1. The molecule has 198 valence electrons. The number of nitrogens with one attached hydrogen (secondary N) is 1. The number of pyridine rings is 1. The second kappa shape index (κ2) is 10.5. The predicted molar refractivity (Wildman–Crippen MR) is 146 cm³/mol. The highest BCUT2D eigenvalue weighted by Crippen LogP contribution is 2.34. The van der Waals surface area contributed by atoms with Crippen LogP contribution < -0.4 is 11.1 Å². The maximum Gasteiger partial charge on any atom is 0.151 e. The second-order valence-corrected chi connectivity index (χ2v) is 11.2. The van der Waals surface area contributed by atoms with Crippen LogP contribution in [0.1, 0.15) is 82.9 Å². The summed E-state index contributed by atoms with van der Waals surface area (Å²) in [5.41, 5.74) is 10.4. The monoisotopic (exact) mass is 504 g/mol. The molecule has 37 heavy (non-hydrogen) atoms. The number of hydrogen-bond acceptors (Lipinski definition) is 8. The molecule has 1 aliphatic heterocycles. The predicted octanol–water partition coefficient (Wildman–Crippen LogP) is 4.33. The number of fused-ring (bicyclic) bond motifs is 1. The Morgan fingerprint density at radius 1 is 0.973 bits per heavy atom. The molecule has 0 radical (unpaired) electrons. The van der Waals surface area contributed by atoms with Gasteiger partial charge in [0, 0.05) is 48.7 Å². The highest BCUT2D eigenvalue weighted by atomic mass is 16.3. The van der Waals surface area contributed by atoms with Crippen LogP contribution in [0.5, 0.6) is 0 Å². The van der Waals surface area contributed by atoms with E-state index in [1.165, 1.54) is 32.1 Å². The van der Waals surface area contributed by atoms with E-state index in [2.05, 4.69) is 33.0 Å². The van der Waals surface area contributed by atoms with Gasteiger partial charge in [-0.1, -0.05) is 26.2 Å². The summed E-state index contributed by atoms with van der Waals surface area (Å²) < 4.78 is 2.14. The first-order valence-corrected chi connectivity index (χ1v) is 14.3. The molecule has 2 aliphatic carbocycles. The summed E-state index contributed by atoms with van der Waals surface area (Å²) in [6.45, 7) is 4.39. The van der Waals surface area contributed by atoms with E-state index in [-0.39, 0.29) is 12.1 Å². The zero-order chi connectivity index (χ0) is 25.4. The maximum atomic E-state index is 9.98. The second-order valence-electron chi connectivity index (χ2n) is 11.2. The number of nitrogens with zero attached hydrogens (tertiary/aromatic N) is 6. The van der Waals surface area contributed by atoms with Crippen molar-refractivity contribution < 1.29 is 5.11 Å². The molecule has 4 N–H and O–H groups in total. The van der Waals surface area contributed by atoms with E-state index in [4.69, 9.17) is 20.8 Å². The summed E-state index contributed by atoms with van der Waals surface area (Å²) in [6, 6.07) is 1.42. The fraction of sp³-hybridized carbons (Fsp3) is 0.643. The molecule has 2 atom stereocenters. The van der Waals surface area contributed by atoms with Crippen molar-refractivity contribution in [2.75, 3.05) is 24.1 Å². The Hall–Kier alpha value is -2.78. The standard InChI is InChI=1S/C28H40N8O/c1-2-24-28(32-19-8-9-22(37)14-19)34-25-23(16-30-27(29)26(25)33-24)18-15-31-36(17-18)21-10-12-35(13-11-21)20-6-4-3-5-7-20/h15-17,19-22,37H,2-14H2,1H3,(H2,29,30)(H,32,34)/t19-,22+/m1/s1. The first-order chi connectivity index (χ1) is 18.1. The SMILES string of the molecule is CCc1nc2c(N)ncc(-c3cnn(C4CCN(C5CCCCC5)CC4)c3)c2nc1N[C@@H]1CC[C@H](O)C1. The van der Waals surface area contributed by atoms with Gasteiger partial charge < -0.3 is 21.1 Å². The molecule has 1 saturated heterocycles. The number of piperidine rings is 1. The van der Waals surface area contributed by atoms with Crippen molar-refractivity contribution in [1.82, 2.24) is 29.6 Å². The Balaban J connectivity index is 1.25. The van der Waals surface area contributed by atoms with Gasteiger partial charge in [-0.15, -0.1) is 0 Å². The molecule has 0 unspecified atom stereocenters. The van der Waals surface area contributed by atoms with Crippen LogP contribution in [0, 0.1) is 0 Å². The minimum absolute atomic E-state index is 0.205. The van der Waals surface area contributed by atoms with Gasteiger partial charge in [-0.25, -0.2) is 15.0 Å². The van der Waals surface area contributed by atoms with Gasteiger partial charge in [-0.2, -0.15) is 5.10 Å². The van der Waals surface area contributed by atoms with E-state index in [0.717, 1.165) is 85.8 Å². The van der Waals surface area contributed by atoms with Crippen LogP contribution in [-0.2, 0) is 6.42 Å². The van der Waals surface area contributed by atoms with Crippen LogP contribution in [0.2, 0.25) is 0 Å². The molecule has 3 aromatic rings. The van der Waals surface area contributed by atoms with Crippen LogP contribution in [0.4, 0.5) is 11.6 Å². The van der Waals surface area contributed by atoms with Crippen molar-refractivity contribution >= 4 is 22.7 Å². The van der Waals surface area contributed by atoms with E-state index in [1.54, 1.807) is 6.20 Å². The minimum Gasteiger partial charge on any atom is -0.393 e. The third-order valence-corrected chi connectivity index (χ3v) is 8.76. The summed E-state index contributed by atoms with van der Waals surface area (Å²) in [5.74, 6) is 1.18. The molecule has 6 rings (SSSR count). The van der Waals surface area contributed by atoms with Crippen molar-refractivity contribution in [3.8, 4) is 11.1 Å². The fourth-order valence-electron chi connectivity index (χ4n) is 6.59. The van der Waals surface area contributed by atoms with Gasteiger partial charge in [-0.05, 0) is 51.4 Å². The molecule has 3 fully saturated rings. The quantitative estimate of drug-likeness (QED) is 0.454. The number of nitrogen functional groups attached to an aromatic ring is 1. The summed E-state index contributed by atoms with van der Waals surface area (Å²) in [5, 5.41) is 18.3. The number of hydrogen-bond donors (Lipinski definition) is 3. The van der Waals surface area contributed by atoms with Gasteiger partial charge in [0.25, 0.3) is 0 Å². The van der Waals surface area contributed by atoms with E-state index in [0.29, 0.717) is 17.4 Å². The molecule has 4 heterocycles. The van der Waals surface area contributed by atoms with E-state index in [1.807, 2.05) is 6.20 Å². The molecule has 9 heteroatoms. The Labute approximate surface area is 218 Å². The Bertz CT molecular complexity index is 1230. The number of nitrogens with two attached hydrogens (primary N) is 1. The Kier molecular flexibility index (Phi) is 6.99. The van der Waals surface area contributed by atoms with E-state index in [9.17, 15) is 5.11 Å². The van der Waals surface area contributed by atoms with Gasteiger partial charge in [-0.3, -0.25) is 4.68 Å². The smallest absolute Gasteiger partial charge is 0.151 e. The lowest BCUT2D eigenvalue weighted by Crippen LogP contribution is -2.42. The molecule has 0 bridgehead atoms. The van der Waals surface area contributed by atoms with Crippen molar-refractivity contribution in [3.05, 3.63) is 24.3 Å². The van der Waals surface area contributed by atoms with Gasteiger partial charge >= 0.3 is 0 Å². The molecular weight excluding hydrogens is 464 g/mol. The topological polar surface area (TPSA) is 118 Å². The molecule has 3 aliphatic rings. The van der Waals surface area contributed by atoms with Gasteiger partial charge in [0.15, 0.2) is 5.82 Å². The van der Waals surface area contributed by atoms with Crippen LogP contribution in [0.3, 0.4) is 0 Å². The fourth-order valence-corrected chi connectivity index (χ4v) is 6.59. The van der Waals surface area contributed by atoms with Crippen LogP contribution in [0.25, 0.3) is 22.2 Å². The summed E-state index contributed by atoms with van der Waals surface area (Å²) in [6.07, 6.45) is 18.0. The van der Waals surface area contributed by atoms with Gasteiger partial charge in [0.1, 0.15) is 16.9 Å². The van der Waals surface area contributed by atoms with Crippen molar-refractivity contribution in [3.63, 3.8) is 0 Å². The molecule has 2 saturated carbocycles. The molecular formula is C28H40N8O. The summed E-state index contributed by atoms with van der Waals surface area (Å²) in [7, 11) is 0. The van der Waals surface area contributed by atoms with E-state index >= 15 is 0 Å². The van der Waals surface area contributed by atoms with Crippen LogP contribution >= 0.6 is 0 Å². The lowest BCUT2D eigenvalue weighted by molar-refractivity contribution is 0.106. The first kappa shape index (κ1) is 24.6. The molecule has 0 amide bonds. The zero-order valence-electron chi connectivity index (χ0n) is 21.9. The molecule has 9 nitrogen and oxygen atoms in total. The number of likely N-dealkylation sites (tertiary alicyclic amines) is 1. The zero-order valence-corrected chi connectivity index (χ0v) is 21.9. The number of aliphatic hydroxyl groups is 1. The van der Waals surface area contributed by atoms with Gasteiger partial charge in [0.2, 0.25) is 0 Å². The summed E-state index contributed by atoms with van der Waals surface area (Å²) >= 11 is 0. The van der Waals surface area contributed by atoms with Crippen LogP contribution in [-0.4, -0.2) is 66.0 Å². The average Bonchev–Trinajstić information content (AvgIpc) is 3.58. The maximum absolute atomic E-state index is 9.98. The van der Waals surface area contributed by atoms with Gasteiger partial charge in [0.05, 0.1) is 24.0 Å². The number of aromatic nitrogens is 5. The third kappa shape index (κ3) is 5.03. The highest BCUT2D eigenvalue weighted by Gasteiger charge is 2.28. The van der Waals surface area contributed by atoms with Crippen molar-refractivity contribution in [1.29, 1.82) is 0 Å². The largest absolute Gasteiger partial charge is 0.393 e. The van der Waals surface area contributed by atoms with Crippen molar-refractivity contribution in [2.45, 2.75) is 102 Å². The van der Waals surface area contributed by atoms with Crippen LogP contribution in [0.15, 0.2) is 18.6 Å².